The molecule has 2 aromatic heterocycles. The predicted molar refractivity (Wildman–Crippen MR) is 108 cm³/mol. The van der Waals surface area contributed by atoms with Crippen molar-refractivity contribution in [1.82, 2.24) is 14.8 Å². The molecule has 1 saturated carbocycles. The first kappa shape index (κ1) is 20.3. The average Bonchev–Trinajstić information content (AvgIpc) is 3.37. The molecule has 1 fully saturated rings. The van der Waals surface area contributed by atoms with Gasteiger partial charge in [-0.3, -0.25) is 9.48 Å². The second-order valence-electron chi connectivity index (χ2n) is 7.87. The number of pyridine rings is 1. The van der Waals surface area contributed by atoms with Crippen molar-refractivity contribution < 1.29 is 18.3 Å². The highest BCUT2D eigenvalue weighted by Crippen LogP contribution is 2.60. The van der Waals surface area contributed by atoms with Gasteiger partial charge in [0.25, 0.3) is 0 Å². The molecule has 0 spiro atoms. The lowest BCUT2D eigenvalue weighted by molar-refractivity contribution is -0.118. The SMILES string of the molecule is CCn1cc(OC[C@@]2(C3C=CC=C(F)C3)C[C@H]2C(=O)Nc2ccc(F)cn2)c(C)n1. The van der Waals surface area contributed by atoms with Crippen LogP contribution in [-0.4, -0.2) is 27.3 Å². The van der Waals surface area contributed by atoms with Gasteiger partial charge in [0.05, 0.1) is 19.0 Å². The summed E-state index contributed by atoms with van der Waals surface area (Å²) in [5, 5.41) is 7.12. The smallest absolute Gasteiger partial charge is 0.229 e. The Morgan fingerprint density at radius 3 is 2.90 bits per heavy atom. The number of hydrogen-bond donors (Lipinski definition) is 1. The highest BCUT2D eigenvalue weighted by molar-refractivity contribution is 5.94. The summed E-state index contributed by atoms with van der Waals surface area (Å²) in [6.45, 7) is 4.87. The molecule has 4 rings (SSSR count). The van der Waals surface area contributed by atoms with E-state index in [4.69, 9.17) is 4.74 Å². The largest absolute Gasteiger partial charge is 0.489 e. The monoisotopic (exact) mass is 414 g/mol. The van der Waals surface area contributed by atoms with Crippen molar-refractivity contribution in [3.63, 3.8) is 0 Å². The lowest BCUT2D eigenvalue weighted by atomic mass is 9.82. The van der Waals surface area contributed by atoms with E-state index in [-0.39, 0.29) is 42.4 Å². The maximum Gasteiger partial charge on any atom is 0.229 e. The molecule has 6 nitrogen and oxygen atoms in total. The Morgan fingerprint density at radius 1 is 1.40 bits per heavy atom. The average molecular weight is 414 g/mol. The Labute approximate surface area is 173 Å². The topological polar surface area (TPSA) is 69.0 Å². The number of halogens is 2. The molecular formula is C22H24F2N4O2. The Kier molecular flexibility index (Phi) is 5.40. The number of carbonyl (C=O) groups excluding carboxylic acids is 1. The van der Waals surface area contributed by atoms with E-state index in [0.717, 1.165) is 18.4 Å². The number of allylic oxidation sites excluding steroid dienone is 4. The van der Waals surface area contributed by atoms with E-state index in [0.29, 0.717) is 12.2 Å². The number of nitrogens with zero attached hydrogens (tertiary/aromatic N) is 3. The highest BCUT2D eigenvalue weighted by Gasteiger charge is 2.62. The Morgan fingerprint density at radius 2 is 2.23 bits per heavy atom. The number of carbonyl (C=O) groups is 1. The molecule has 3 atom stereocenters. The molecular weight excluding hydrogens is 390 g/mol. The molecule has 2 aromatic rings. The number of nitrogens with one attached hydrogen (secondary N) is 1. The lowest BCUT2D eigenvalue weighted by Crippen LogP contribution is -2.30. The van der Waals surface area contributed by atoms with E-state index in [1.54, 1.807) is 10.8 Å². The minimum Gasteiger partial charge on any atom is -0.489 e. The van der Waals surface area contributed by atoms with Gasteiger partial charge in [-0.1, -0.05) is 12.2 Å². The maximum absolute atomic E-state index is 14.0. The van der Waals surface area contributed by atoms with Crippen LogP contribution in [-0.2, 0) is 11.3 Å². The van der Waals surface area contributed by atoms with Gasteiger partial charge < -0.3 is 10.1 Å². The molecule has 0 aromatic carbocycles. The fourth-order valence-electron chi connectivity index (χ4n) is 4.06. The third-order valence-electron chi connectivity index (χ3n) is 5.91. The summed E-state index contributed by atoms with van der Waals surface area (Å²) in [6.07, 6.45) is 8.78. The van der Waals surface area contributed by atoms with Crippen LogP contribution >= 0.6 is 0 Å². The number of aryl methyl sites for hydroxylation is 2. The Balaban J connectivity index is 1.51. The zero-order chi connectivity index (χ0) is 21.3. The molecule has 158 valence electrons. The van der Waals surface area contributed by atoms with Gasteiger partial charge in [-0.2, -0.15) is 5.10 Å². The molecule has 1 unspecified atom stereocenters. The minimum atomic E-state index is -0.521. The van der Waals surface area contributed by atoms with Gasteiger partial charge in [0.2, 0.25) is 5.91 Å². The molecule has 0 saturated heterocycles. The molecule has 1 amide bonds. The summed E-state index contributed by atoms with van der Waals surface area (Å²) >= 11 is 0. The molecule has 8 heteroatoms. The number of anilines is 1. The Hall–Kier alpha value is -3.03. The van der Waals surface area contributed by atoms with E-state index in [1.165, 1.54) is 18.2 Å². The van der Waals surface area contributed by atoms with Crippen LogP contribution in [0.15, 0.2) is 48.6 Å². The second-order valence-corrected chi connectivity index (χ2v) is 7.87. The Bertz CT molecular complexity index is 999. The molecule has 2 aliphatic carbocycles. The zero-order valence-corrected chi connectivity index (χ0v) is 16.9. The van der Waals surface area contributed by atoms with Crippen LogP contribution in [0.4, 0.5) is 14.6 Å². The fourth-order valence-corrected chi connectivity index (χ4v) is 4.06. The van der Waals surface area contributed by atoms with E-state index in [1.807, 2.05) is 26.1 Å². The van der Waals surface area contributed by atoms with Crippen molar-refractivity contribution in [2.45, 2.75) is 33.2 Å². The van der Waals surface area contributed by atoms with Gasteiger partial charge in [0.1, 0.15) is 23.2 Å². The standard InChI is InChI=1S/C22H24F2N4O2/c1-3-28-12-19(14(2)27-28)30-13-22(15-5-4-6-16(23)9-15)10-18(22)21(29)26-20-8-7-17(24)11-25-20/h4-8,11-12,15,18H,3,9-10,13H2,1-2H3,(H,25,26,29)/t15?,18-,22+/m0/s1. The molecule has 0 bridgehead atoms. The summed E-state index contributed by atoms with van der Waals surface area (Å²) in [7, 11) is 0. The van der Waals surface area contributed by atoms with Crippen molar-refractivity contribution in [2.75, 3.05) is 11.9 Å². The van der Waals surface area contributed by atoms with Crippen molar-refractivity contribution >= 4 is 11.7 Å². The minimum absolute atomic E-state index is 0.152. The van der Waals surface area contributed by atoms with E-state index in [9.17, 15) is 13.6 Å². The van der Waals surface area contributed by atoms with Gasteiger partial charge >= 0.3 is 0 Å². The molecule has 0 radical (unpaired) electrons. The third-order valence-corrected chi connectivity index (χ3v) is 5.91. The second kappa shape index (κ2) is 8.01. The number of ether oxygens (including phenoxy) is 1. The van der Waals surface area contributed by atoms with Crippen molar-refractivity contribution in [3.05, 3.63) is 60.1 Å². The maximum atomic E-state index is 14.0. The first-order valence-electron chi connectivity index (χ1n) is 10.0. The quantitative estimate of drug-likeness (QED) is 0.737. The van der Waals surface area contributed by atoms with Crippen LogP contribution in [0.1, 0.15) is 25.5 Å². The van der Waals surface area contributed by atoms with E-state index < -0.39 is 11.2 Å². The predicted octanol–water partition coefficient (Wildman–Crippen LogP) is 4.20. The van der Waals surface area contributed by atoms with Gasteiger partial charge in [-0.05, 0) is 44.4 Å². The van der Waals surface area contributed by atoms with Gasteiger partial charge in [-0.25, -0.2) is 13.8 Å². The number of aromatic nitrogens is 3. The first-order chi connectivity index (χ1) is 14.4. The van der Waals surface area contributed by atoms with Crippen molar-refractivity contribution in [2.24, 2.45) is 17.3 Å². The van der Waals surface area contributed by atoms with Gasteiger partial charge in [0.15, 0.2) is 5.75 Å². The molecule has 0 aliphatic heterocycles. The summed E-state index contributed by atoms with van der Waals surface area (Å²) in [5.74, 6) is -0.455. The summed E-state index contributed by atoms with van der Waals surface area (Å²) < 4.78 is 34.9. The van der Waals surface area contributed by atoms with Crippen molar-refractivity contribution in [1.29, 1.82) is 0 Å². The van der Waals surface area contributed by atoms with Gasteiger partial charge in [0, 0.05) is 24.3 Å². The van der Waals surface area contributed by atoms with E-state index >= 15 is 0 Å². The van der Waals surface area contributed by atoms with Crippen LogP contribution in [0.2, 0.25) is 0 Å². The normalized spacial score (nSPS) is 25.0. The molecule has 2 heterocycles. The zero-order valence-electron chi connectivity index (χ0n) is 16.9. The molecule has 2 aliphatic rings. The van der Waals surface area contributed by atoms with Gasteiger partial charge in [-0.15, -0.1) is 0 Å². The molecule has 30 heavy (non-hydrogen) atoms. The van der Waals surface area contributed by atoms with E-state index in [2.05, 4.69) is 15.4 Å². The molecule has 1 N–H and O–H groups in total. The van der Waals surface area contributed by atoms with Crippen LogP contribution in [0, 0.1) is 30.0 Å². The summed E-state index contributed by atoms with van der Waals surface area (Å²) in [4.78, 5) is 16.8. The summed E-state index contributed by atoms with van der Waals surface area (Å²) in [6, 6.07) is 2.66. The lowest BCUT2D eigenvalue weighted by Gasteiger charge is -2.27. The number of hydrogen-bond acceptors (Lipinski definition) is 4. The number of rotatable bonds is 7. The first-order valence-corrected chi connectivity index (χ1v) is 10.0. The van der Waals surface area contributed by atoms with Crippen LogP contribution < -0.4 is 10.1 Å². The fraction of sp³-hybridized carbons (Fsp3) is 0.409. The summed E-state index contributed by atoms with van der Waals surface area (Å²) in [5.41, 5.74) is 0.252. The van der Waals surface area contributed by atoms with Crippen LogP contribution in [0.3, 0.4) is 0 Å². The van der Waals surface area contributed by atoms with Crippen LogP contribution in [0.25, 0.3) is 0 Å². The third kappa shape index (κ3) is 3.99. The highest BCUT2D eigenvalue weighted by atomic mass is 19.1. The van der Waals surface area contributed by atoms with Crippen LogP contribution in [0.5, 0.6) is 5.75 Å². The van der Waals surface area contributed by atoms with Crippen molar-refractivity contribution in [3.8, 4) is 5.75 Å². The number of amides is 1.